The zero-order valence-electron chi connectivity index (χ0n) is 5.91. The van der Waals surface area contributed by atoms with Gasteiger partial charge in [0.05, 0.1) is 11.9 Å². The molecule has 0 fully saturated rings. The Morgan fingerprint density at radius 3 is 2.64 bits per heavy atom. The zero-order valence-corrected chi connectivity index (χ0v) is 5.91. The van der Waals surface area contributed by atoms with Gasteiger partial charge in [-0.1, -0.05) is 5.21 Å². The molecule has 0 aromatic carbocycles. The summed E-state index contributed by atoms with van der Waals surface area (Å²) in [5, 5.41) is 6.90. The van der Waals surface area contributed by atoms with Crippen molar-refractivity contribution in [1.82, 2.24) is 15.0 Å². The van der Waals surface area contributed by atoms with E-state index in [4.69, 9.17) is 5.73 Å². The maximum Gasteiger partial charge on any atom is 0.259 e. The number of aryl methyl sites for hydroxylation is 1. The van der Waals surface area contributed by atoms with E-state index in [1.807, 2.05) is 0 Å². The molecular weight excluding hydrogens is 154 g/mol. The summed E-state index contributed by atoms with van der Waals surface area (Å²) >= 11 is 0. The Bertz CT molecular complexity index is 234. The summed E-state index contributed by atoms with van der Waals surface area (Å²) in [5.74, 6) is 0. The largest absolute Gasteiger partial charge is 0.318 e. The van der Waals surface area contributed by atoms with Crippen LogP contribution in [0.25, 0.3) is 0 Å². The minimum Gasteiger partial charge on any atom is -0.318 e. The van der Waals surface area contributed by atoms with E-state index < -0.39 is 12.5 Å². The standard InChI is InChI=1S/C5H8F2N4/c1-11-3(2-9-10-11)4(8)5(6)7/h2,4-5H,8H2,1H3. The molecule has 0 spiro atoms. The van der Waals surface area contributed by atoms with Gasteiger partial charge < -0.3 is 5.73 Å². The molecule has 0 aliphatic rings. The predicted molar refractivity (Wildman–Crippen MR) is 33.9 cm³/mol. The van der Waals surface area contributed by atoms with Crippen LogP contribution in [-0.4, -0.2) is 21.4 Å². The lowest BCUT2D eigenvalue weighted by Crippen LogP contribution is -2.21. The molecule has 11 heavy (non-hydrogen) atoms. The molecule has 1 aromatic heterocycles. The van der Waals surface area contributed by atoms with Crippen molar-refractivity contribution in [2.45, 2.75) is 12.5 Å². The summed E-state index contributed by atoms with van der Waals surface area (Å²) in [6.45, 7) is 0. The lowest BCUT2D eigenvalue weighted by molar-refractivity contribution is 0.113. The molecule has 0 aliphatic carbocycles. The number of alkyl halides is 2. The molecule has 0 aliphatic heterocycles. The average molecular weight is 162 g/mol. The van der Waals surface area contributed by atoms with Gasteiger partial charge in [-0.2, -0.15) is 0 Å². The molecule has 4 nitrogen and oxygen atoms in total. The van der Waals surface area contributed by atoms with Crippen LogP contribution >= 0.6 is 0 Å². The van der Waals surface area contributed by atoms with Gasteiger partial charge in [0.25, 0.3) is 6.43 Å². The minimum atomic E-state index is -2.58. The highest BCUT2D eigenvalue weighted by atomic mass is 19.3. The van der Waals surface area contributed by atoms with Gasteiger partial charge in [-0.3, -0.25) is 4.68 Å². The van der Waals surface area contributed by atoms with Crippen molar-refractivity contribution in [3.05, 3.63) is 11.9 Å². The van der Waals surface area contributed by atoms with Crippen molar-refractivity contribution < 1.29 is 8.78 Å². The Labute approximate surface area is 62.0 Å². The molecule has 1 rings (SSSR count). The molecule has 0 bridgehead atoms. The van der Waals surface area contributed by atoms with E-state index in [2.05, 4.69) is 10.3 Å². The Hall–Kier alpha value is -1.04. The van der Waals surface area contributed by atoms with E-state index in [9.17, 15) is 8.78 Å². The molecule has 1 aromatic rings. The number of nitrogens with zero attached hydrogens (tertiary/aromatic N) is 3. The zero-order chi connectivity index (χ0) is 8.43. The summed E-state index contributed by atoms with van der Waals surface area (Å²) in [7, 11) is 1.52. The molecule has 0 radical (unpaired) electrons. The summed E-state index contributed by atoms with van der Waals surface area (Å²) in [6, 6.07) is -1.30. The van der Waals surface area contributed by atoms with Gasteiger partial charge >= 0.3 is 0 Å². The van der Waals surface area contributed by atoms with Gasteiger partial charge in [0.1, 0.15) is 6.04 Å². The first-order chi connectivity index (χ1) is 5.13. The van der Waals surface area contributed by atoms with E-state index in [-0.39, 0.29) is 5.69 Å². The smallest absolute Gasteiger partial charge is 0.259 e. The topological polar surface area (TPSA) is 56.7 Å². The Morgan fingerprint density at radius 2 is 2.27 bits per heavy atom. The number of halogens is 2. The number of rotatable bonds is 2. The van der Waals surface area contributed by atoms with Gasteiger partial charge in [-0.15, -0.1) is 5.10 Å². The fourth-order valence-corrected chi connectivity index (χ4v) is 0.729. The van der Waals surface area contributed by atoms with Gasteiger partial charge in [0.2, 0.25) is 0 Å². The fourth-order valence-electron chi connectivity index (χ4n) is 0.729. The van der Waals surface area contributed by atoms with Gasteiger partial charge in [0.15, 0.2) is 0 Å². The lowest BCUT2D eigenvalue weighted by Gasteiger charge is -2.08. The molecule has 1 unspecified atom stereocenters. The highest BCUT2D eigenvalue weighted by Crippen LogP contribution is 2.14. The number of hydrogen-bond acceptors (Lipinski definition) is 3. The Balaban J connectivity index is 2.84. The van der Waals surface area contributed by atoms with Gasteiger partial charge in [0, 0.05) is 7.05 Å². The van der Waals surface area contributed by atoms with Crippen molar-refractivity contribution in [1.29, 1.82) is 0 Å². The molecule has 0 saturated heterocycles. The first-order valence-corrected chi connectivity index (χ1v) is 3.01. The van der Waals surface area contributed by atoms with E-state index in [1.165, 1.54) is 17.9 Å². The Kier molecular flexibility index (Phi) is 2.13. The lowest BCUT2D eigenvalue weighted by atomic mass is 10.2. The van der Waals surface area contributed by atoms with Crippen LogP contribution in [0.5, 0.6) is 0 Å². The second-order valence-electron chi connectivity index (χ2n) is 2.14. The Morgan fingerprint density at radius 1 is 1.64 bits per heavy atom. The average Bonchev–Trinajstić information content (AvgIpc) is 2.33. The van der Waals surface area contributed by atoms with Crippen molar-refractivity contribution in [2.75, 3.05) is 0 Å². The summed E-state index contributed by atoms with van der Waals surface area (Å²) < 4.78 is 25.2. The fraction of sp³-hybridized carbons (Fsp3) is 0.600. The minimum absolute atomic E-state index is 0.236. The molecule has 62 valence electrons. The van der Waals surface area contributed by atoms with Crippen molar-refractivity contribution >= 4 is 0 Å². The van der Waals surface area contributed by atoms with Crippen LogP contribution in [0.2, 0.25) is 0 Å². The van der Waals surface area contributed by atoms with Crippen LogP contribution in [0.4, 0.5) is 8.78 Å². The summed E-state index contributed by atoms with van der Waals surface area (Å²) in [5.41, 5.74) is 5.37. The first-order valence-electron chi connectivity index (χ1n) is 3.01. The molecule has 0 saturated carbocycles. The van der Waals surface area contributed by atoms with E-state index in [0.717, 1.165) is 0 Å². The van der Waals surface area contributed by atoms with Gasteiger partial charge in [-0.05, 0) is 0 Å². The SMILES string of the molecule is Cn1nncc1C(N)C(F)F. The second kappa shape index (κ2) is 2.91. The number of nitrogens with two attached hydrogens (primary N) is 1. The normalized spacial score (nSPS) is 13.9. The van der Waals surface area contributed by atoms with Crippen molar-refractivity contribution in [3.8, 4) is 0 Å². The molecular formula is C5H8F2N4. The molecule has 6 heteroatoms. The van der Waals surface area contributed by atoms with Gasteiger partial charge in [-0.25, -0.2) is 8.78 Å². The maximum absolute atomic E-state index is 12.0. The number of hydrogen-bond donors (Lipinski definition) is 1. The second-order valence-corrected chi connectivity index (χ2v) is 2.14. The van der Waals surface area contributed by atoms with Crippen LogP contribution in [-0.2, 0) is 7.05 Å². The predicted octanol–water partition coefficient (Wildman–Crippen LogP) is 0.0800. The maximum atomic E-state index is 12.0. The van der Waals surface area contributed by atoms with Crippen LogP contribution in [0.1, 0.15) is 11.7 Å². The highest BCUT2D eigenvalue weighted by Gasteiger charge is 2.20. The third kappa shape index (κ3) is 1.51. The quantitative estimate of drug-likeness (QED) is 0.670. The van der Waals surface area contributed by atoms with Crippen LogP contribution in [0.3, 0.4) is 0 Å². The molecule has 1 heterocycles. The first kappa shape index (κ1) is 8.06. The monoisotopic (exact) mass is 162 g/mol. The summed E-state index contributed by atoms with van der Waals surface area (Å²) in [6.07, 6.45) is -1.34. The molecule has 2 N–H and O–H groups in total. The molecule has 0 amide bonds. The van der Waals surface area contributed by atoms with Crippen molar-refractivity contribution in [2.24, 2.45) is 12.8 Å². The van der Waals surface area contributed by atoms with Crippen LogP contribution in [0.15, 0.2) is 6.20 Å². The third-order valence-corrected chi connectivity index (χ3v) is 1.36. The van der Waals surface area contributed by atoms with Crippen LogP contribution in [0, 0.1) is 0 Å². The van der Waals surface area contributed by atoms with E-state index in [0.29, 0.717) is 0 Å². The van der Waals surface area contributed by atoms with Crippen LogP contribution < -0.4 is 5.73 Å². The molecule has 1 atom stereocenters. The van der Waals surface area contributed by atoms with Crippen molar-refractivity contribution in [3.63, 3.8) is 0 Å². The van der Waals surface area contributed by atoms with E-state index >= 15 is 0 Å². The third-order valence-electron chi connectivity index (χ3n) is 1.36. The summed E-state index contributed by atoms with van der Waals surface area (Å²) in [4.78, 5) is 0. The van der Waals surface area contributed by atoms with E-state index in [1.54, 1.807) is 0 Å². The number of aromatic nitrogens is 3. The highest BCUT2D eigenvalue weighted by molar-refractivity contribution is 5.01.